The molecule has 3 rings (SSSR count). The van der Waals surface area contributed by atoms with E-state index in [1.54, 1.807) is 43.5 Å². The van der Waals surface area contributed by atoms with E-state index in [0.29, 0.717) is 24.0 Å². The number of nitrogens with one attached hydrogen (secondary N) is 2. The van der Waals surface area contributed by atoms with Crippen molar-refractivity contribution in [3.63, 3.8) is 0 Å². The number of hydrazine groups is 1. The number of carbonyl (C=O) groups excluding carboxylic acids is 2. The van der Waals surface area contributed by atoms with Gasteiger partial charge in [0.05, 0.1) is 13.2 Å². The molecule has 2 aromatic rings. The predicted octanol–water partition coefficient (Wildman–Crippen LogP) is 2.25. The molecule has 10 heteroatoms. The number of amides is 2. The maximum absolute atomic E-state index is 12.4. The quantitative estimate of drug-likeness (QED) is 0.715. The number of hydrogen-bond acceptors (Lipinski definition) is 7. The van der Waals surface area contributed by atoms with E-state index in [2.05, 4.69) is 20.7 Å². The van der Waals surface area contributed by atoms with E-state index in [9.17, 15) is 9.59 Å². The van der Waals surface area contributed by atoms with Crippen LogP contribution in [-0.2, 0) is 9.53 Å². The molecule has 1 aromatic carbocycles. The third-order valence-electron chi connectivity index (χ3n) is 4.03. The fourth-order valence-electron chi connectivity index (χ4n) is 2.44. The largest absolute Gasteiger partial charge is 0.478 e. The highest BCUT2D eigenvalue weighted by atomic mass is 35.5. The molecule has 150 valence electrons. The van der Waals surface area contributed by atoms with E-state index in [1.807, 2.05) is 0 Å². The number of morpholine rings is 1. The molecule has 1 aliphatic rings. The van der Waals surface area contributed by atoms with Crippen LogP contribution < -0.4 is 20.5 Å². The van der Waals surface area contributed by atoms with Crippen LogP contribution in [0.3, 0.4) is 0 Å². The molecule has 28 heavy (non-hydrogen) atoms. The van der Waals surface area contributed by atoms with Crippen LogP contribution in [-0.4, -0.2) is 48.7 Å². The van der Waals surface area contributed by atoms with Crippen LogP contribution in [0, 0.1) is 0 Å². The molecule has 1 fully saturated rings. The Kier molecular flexibility index (Phi) is 6.38. The zero-order valence-corrected chi connectivity index (χ0v) is 17.1. The van der Waals surface area contributed by atoms with Gasteiger partial charge in [0.1, 0.15) is 11.4 Å². The minimum absolute atomic E-state index is 0.239. The van der Waals surface area contributed by atoms with E-state index in [4.69, 9.17) is 21.1 Å². The second-order valence-corrected chi connectivity index (χ2v) is 7.86. The molecule has 2 N–H and O–H groups in total. The summed E-state index contributed by atoms with van der Waals surface area (Å²) in [5.41, 5.74) is 3.79. The Labute approximate surface area is 171 Å². The summed E-state index contributed by atoms with van der Waals surface area (Å²) in [6.07, 6.45) is 0. The maximum Gasteiger partial charge on any atom is 0.289 e. The lowest BCUT2D eigenvalue weighted by Gasteiger charge is -2.26. The normalized spacial score (nSPS) is 14.5. The van der Waals surface area contributed by atoms with Crippen LogP contribution in [0.25, 0.3) is 0 Å². The van der Waals surface area contributed by atoms with E-state index in [-0.39, 0.29) is 5.69 Å². The lowest BCUT2D eigenvalue weighted by atomic mass is 10.1. The number of nitrogens with zero attached hydrogens (tertiary/aromatic N) is 2. The summed E-state index contributed by atoms with van der Waals surface area (Å²) < 4.78 is 11.0. The van der Waals surface area contributed by atoms with Crippen LogP contribution in [0.15, 0.2) is 29.6 Å². The van der Waals surface area contributed by atoms with E-state index >= 15 is 0 Å². The number of carbonyl (C=O) groups is 2. The Morgan fingerprint density at radius 2 is 1.89 bits per heavy atom. The molecule has 2 heterocycles. The number of hydrogen-bond donors (Lipinski definition) is 2. The average Bonchev–Trinajstić information content (AvgIpc) is 3.18. The Balaban J connectivity index is 1.53. The summed E-state index contributed by atoms with van der Waals surface area (Å²) in [7, 11) is 0. The molecule has 0 atom stereocenters. The zero-order valence-electron chi connectivity index (χ0n) is 15.5. The molecular formula is C18H21ClN4O4S. The molecule has 0 spiro atoms. The van der Waals surface area contributed by atoms with Crippen molar-refractivity contribution in [2.24, 2.45) is 0 Å². The molecule has 1 aliphatic heterocycles. The first-order valence-corrected chi connectivity index (χ1v) is 9.94. The number of anilines is 1. The summed E-state index contributed by atoms with van der Waals surface area (Å²) in [5, 5.41) is 2.98. The summed E-state index contributed by atoms with van der Waals surface area (Å²) in [6.45, 7) is 5.95. The van der Waals surface area contributed by atoms with Gasteiger partial charge >= 0.3 is 0 Å². The molecule has 0 saturated carbocycles. The molecular weight excluding hydrogens is 404 g/mol. The van der Waals surface area contributed by atoms with Crippen molar-refractivity contribution < 1.29 is 19.1 Å². The molecule has 1 aromatic heterocycles. The fourth-order valence-corrected chi connectivity index (χ4v) is 3.43. The summed E-state index contributed by atoms with van der Waals surface area (Å²) in [6, 6.07) is 6.67. The Morgan fingerprint density at radius 3 is 2.57 bits per heavy atom. The first kappa shape index (κ1) is 20.4. The van der Waals surface area contributed by atoms with Crippen molar-refractivity contribution in [1.29, 1.82) is 0 Å². The number of ether oxygens (including phenoxy) is 2. The molecule has 0 radical (unpaired) electrons. The summed E-state index contributed by atoms with van der Waals surface area (Å²) in [5.74, 6) is -0.503. The Bertz CT molecular complexity index is 834. The first-order valence-electron chi connectivity index (χ1n) is 8.69. The molecule has 1 saturated heterocycles. The van der Waals surface area contributed by atoms with Crippen molar-refractivity contribution in [2.75, 3.05) is 31.2 Å². The Morgan fingerprint density at radius 1 is 1.21 bits per heavy atom. The maximum atomic E-state index is 12.4. The monoisotopic (exact) mass is 424 g/mol. The van der Waals surface area contributed by atoms with Gasteiger partial charge in [-0.1, -0.05) is 11.6 Å². The third-order valence-corrected chi connectivity index (χ3v) is 5.18. The smallest absolute Gasteiger partial charge is 0.289 e. The number of thiazole rings is 1. The minimum Gasteiger partial charge on any atom is -0.478 e. The number of halogens is 1. The van der Waals surface area contributed by atoms with Crippen LogP contribution in [0.1, 0.15) is 24.3 Å². The van der Waals surface area contributed by atoms with Gasteiger partial charge in [0.2, 0.25) is 0 Å². The van der Waals surface area contributed by atoms with Crippen LogP contribution in [0.2, 0.25) is 5.02 Å². The van der Waals surface area contributed by atoms with Crippen LogP contribution in [0.4, 0.5) is 5.13 Å². The number of benzene rings is 1. The molecule has 0 aliphatic carbocycles. The van der Waals surface area contributed by atoms with Gasteiger partial charge in [-0.05, 0) is 38.1 Å². The van der Waals surface area contributed by atoms with Gasteiger partial charge in [-0.15, -0.1) is 11.3 Å². The van der Waals surface area contributed by atoms with Crippen molar-refractivity contribution in [1.82, 2.24) is 15.8 Å². The zero-order chi connectivity index (χ0) is 20.1. The van der Waals surface area contributed by atoms with Gasteiger partial charge < -0.3 is 14.4 Å². The van der Waals surface area contributed by atoms with E-state index in [0.717, 1.165) is 18.2 Å². The highest BCUT2D eigenvalue weighted by molar-refractivity contribution is 7.13. The average molecular weight is 425 g/mol. The highest BCUT2D eigenvalue weighted by Gasteiger charge is 2.30. The second kappa shape index (κ2) is 8.76. The van der Waals surface area contributed by atoms with Gasteiger partial charge in [-0.3, -0.25) is 20.4 Å². The number of aromatic nitrogens is 1. The van der Waals surface area contributed by atoms with Crippen LogP contribution in [0.5, 0.6) is 5.75 Å². The van der Waals surface area contributed by atoms with Crippen molar-refractivity contribution >= 4 is 39.9 Å². The first-order chi connectivity index (χ1) is 13.3. The van der Waals surface area contributed by atoms with Gasteiger partial charge in [0.15, 0.2) is 10.7 Å². The SMILES string of the molecule is CC(C)(Oc1ccc(Cl)cc1)C(=O)NNC(=O)c1csc(N2CCOCC2)n1. The molecule has 0 bridgehead atoms. The standard InChI is InChI=1S/C18H21ClN4O4S/c1-18(2,27-13-5-3-12(19)4-6-13)16(25)22-21-15(24)14-11-28-17(20-14)23-7-9-26-10-8-23/h3-6,11H,7-10H2,1-2H3,(H,21,24)(H,22,25). The van der Waals surface area contributed by atoms with Gasteiger partial charge in [-0.25, -0.2) is 4.98 Å². The van der Waals surface area contributed by atoms with Gasteiger partial charge in [-0.2, -0.15) is 0 Å². The highest BCUT2D eigenvalue weighted by Crippen LogP contribution is 2.22. The fraction of sp³-hybridized carbons (Fsp3) is 0.389. The van der Waals surface area contributed by atoms with E-state index < -0.39 is 17.4 Å². The van der Waals surface area contributed by atoms with Gasteiger partial charge in [0, 0.05) is 23.5 Å². The topological polar surface area (TPSA) is 92.8 Å². The lowest BCUT2D eigenvalue weighted by molar-refractivity contribution is -0.135. The Hall–Kier alpha value is -2.36. The third kappa shape index (κ3) is 5.12. The van der Waals surface area contributed by atoms with E-state index in [1.165, 1.54) is 11.3 Å². The van der Waals surface area contributed by atoms with Crippen LogP contribution >= 0.6 is 22.9 Å². The molecule has 2 amide bonds. The lowest BCUT2D eigenvalue weighted by Crippen LogP contribution is -2.53. The number of rotatable bonds is 5. The summed E-state index contributed by atoms with van der Waals surface area (Å²) in [4.78, 5) is 31.1. The van der Waals surface area contributed by atoms with Crippen molar-refractivity contribution in [2.45, 2.75) is 19.4 Å². The second-order valence-electron chi connectivity index (χ2n) is 6.59. The molecule has 8 nitrogen and oxygen atoms in total. The summed E-state index contributed by atoms with van der Waals surface area (Å²) >= 11 is 7.22. The minimum atomic E-state index is -1.21. The van der Waals surface area contributed by atoms with Crippen molar-refractivity contribution in [3.05, 3.63) is 40.4 Å². The van der Waals surface area contributed by atoms with Gasteiger partial charge in [0.25, 0.3) is 11.8 Å². The molecule has 0 unspecified atom stereocenters. The van der Waals surface area contributed by atoms with Crippen molar-refractivity contribution in [3.8, 4) is 5.75 Å². The predicted molar refractivity (Wildman–Crippen MR) is 107 cm³/mol.